The summed E-state index contributed by atoms with van der Waals surface area (Å²) in [6, 6.07) is 3.98. The van der Waals surface area contributed by atoms with Crippen LogP contribution >= 0.6 is 11.3 Å². The van der Waals surface area contributed by atoms with Gasteiger partial charge in [-0.3, -0.25) is 4.79 Å². The summed E-state index contributed by atoms with van der Waals surface area (Å²) >= 11 is 1.70. The van der Waals surface area contributed by atoms with E-state index in [-0.39, 0.29) is 12.5 Å². The normalized spacial score (nSPS) is 14.8. The number of aliphatic carboxylic acids is 1. The summed E-state index contributed by atoms with van der Waals surface area (Å²) in [5, 5.41) is 14.6. The number of aromatic nitrogens is 1. The number of anilines is 1. The van der Waals surface area contributed by atoms with Crippen LogP contribution in [0.25, 0.3) is 10.1 Å². The fourth-order valence-electron chi connectivity index (χ4n) is 2.80. The van der Waals surface area contributed by atoms with E-state index in [2.05, 4.69) is 26.6 Å². The van der Waals surface area contributed by atoms with Crippen LogP contribution in [-0.4, -0.2) is 59.7 Å². The number of amides is 2. The van der Waals surface area contributed by atoms with E-state index in [9.17, 15) is 9.59 Å². The highest BCUT2D eigenvalue weighted by Gasteiger charge is 2.22. The second-order valence-corrected chi connectivity index (χ2v) is 6.62. The van der Waals surface area contributed by atoms with Gasteiger partial charge in [0.15, 0.2) is 0 Å². The summed E-state index contributed by atoms with van der Waals surface area (Å²) in [7, 11) is 0. The average Bonchev–Trinajstić information content (AvgIpc) is 3.07. The first-order valence-corrected chi connectivity index (χ1v) is 8.85. The number of carboxylic acids is 1. The molecule has 3 rings (SSSR count). The van der Waals surface area contributed by atoms with Gasteiger partial charge in [-0.05, 0) is 23.9 Å². The van der Waals surface area contributed by atoms with Crippen LogP contribution in [-0.2, 0) is 4.79 Å². The van der Waals surface area contributed by atoms with Crippen molar-refractivity contribution in [3.63, 3.8) is 0 Å². The van der Waals surface area contributed by atoms with Crippen LogP contribution in [0.3, 0.4) is 0 Å². The molecule has 0 bridgehead atoms. The second-order valence-electron chi connectivity index (χ2n) is 5.67. The maximum absolute atomic E-state index is 12.1. The zero-order chi connectivity index (χ0) is 16.9. The lowest BCUT2D eigenvalue weighted by molar-refractivity contribution is -0.137. The van der Waals surface area contributed by atoms with Crippen LogP contribution in [0.5, 0.6) is 0 Å². The van der Waals surface area contributed by atoms with E-state index < -0.39 is 5.97 Å². The third-order valence-corrected chi connectivity index (χ3v) is 4.95. The number of piperazine rings is 1. The number of fused-ring (bicyclic) bond motifs is 1. The molecule has 2 amide bonds. The number of carbonyl (C=O) groups is 2. The van der Waals surface area contributed by atoms with E-state index in [4.69, 9.17) is 5.11 Å². The number of hydrogen-bond acceptors (Lipinski definition) is 5. The van der Waals surface area contributed by atoms with E-state index >= 15 is 0 Å². The van der Waals surface area contributed by atoms with Crippen molar-refractivity contribution in [2.24, 2.45) is 0 Å². The first kappa shape index (κ1) is 16.5. The van der Waals surface area contributed by atoms with Gasteiger partial charge in [-0.15, -0.1) is 11.3 Å². The Morgan fingerprint density at radius 2 is 2.04 bits per heavy atom. The maximum atomic E-state index is 12.1. The molecular weight excluding hydrogens is 328 g/mol. The molecule has 8 heteroatoms. The first-order chi connectivity index (χ1) is 11.6. The van der Waals surface area contributed by atoms with Gasteiger partial charge in [0.25, 0.3) is 0 Å². The molecule has 0 spiro atoms. The van der Waals surface area contributed by atoms with Crippen LogP contribution in [0.15, 0.2) is 23.7 Å². The van der Waals surface area contributed by atoms with Gasteiger partial charge in [-0.2, -0.15) is 0 Å². The molecule has 0 saturated carbocycles. The van der Waals surface area contributed by atoms with Gasteiger partial charge in [0.1, 0.15) is 5.82 Å². The Morgan fingerprint density at radius 3 is 2.79 bits per heavy atom. The summed E-state index contributed by atoms with van der Waals surface area (Å²) in [5.74, 6) is 0.142. The Labute approximate surface area is 143 Å². The lowest BCUT2D eigenvalue weighted by Crippen LogP contribution is -2.52. The van der Waals surface area contributed by atoms with Gasteiger partial charge in [-0.25, -0.2) is 9.78 Å². The van der Waals surface area contributed by atoms with E-state index in [1.54, 1.807) is 16.2 Å². The number of carbonyl (C=O) groups excluding carboxylic acids is 1. The third-order valence-electron chi connectivity index (χ3n) is 4.07. The molecule has 1 aliphatic heterocycles. The monoisotopic (exact) mass is 348 g/mol. The van der Waals surface area contributed by atoms with E-state index in [1.807, 2.05) is 12.3 Å². The number of carboxylic acid groups (broad SMARTS) is 1. The number of pyridine rings is 1. The molecule has 1 fully saturated rings. The van der Waals surface area contributed by atoms with Gasteiger partial charge in [0, 0.05) is 55.4 Å². The number of urea groups is 1. The molecule has 2 aromatic rings. The average molecular weight is 348 g/mol. The number of thiophene rings is 1. The second kappa shape index (κ2) is 7.48. The molecule has 128 valence electrons. The zero-order valence-corrected chi connectivity index (χ0v) is 14.1. The Kier molecular flexibility index (Phi) is 5.14. The molecular formula is C16H20N4O3S. The lowest BCUT2D eigenvalue weighted by Gasteiger charge is -2.35. The molecule has 3 heterocycles. The smallest absolute Gasteiger partial charge is 0.317 e. The number of nitrogens with zero attached hydrogens (tertiary/aromatic N) is 3. The molecule has 24 heavy (non-hydrogen) atoms. The van der Waals surface area contributed by atoms with Crippen molar-refractivity contribution in [3.8, 4) is 0 Å². The maximum Gasteiger partial charge on any atom is 0.317 e. The van der Waals surface area contributed by atoms with E-state index in [1.165, 1.54) is 4.70 Å². The summed E-state index contributed by atoms with van der Waals surface area (Å²) < 4.78 is 1.22. The minimum absolute atomic E-state index is 0.0738. The van der Waals surface area contributed by atoms with Crippen LogP contribution in [0, 0.1) is 0 Å². The van der Waals surface area contributed by atoms with Crippen molar-refractivity contribution in [1.82, 2.24) is 15.2 Å². The minimum Gasteiger partial charge on any atom is -0.481 e. The molecule has 7 nitrogen and oxygen atoms in total. The minimum atomic E-state index is -0.840. The van der Waals surface area contributed by atoms with Crippen molar-refractivity contribution in [2.45, 2.75) is 12.8 Å². The Morgan fingerprint density at radius 1 is 1.25 bits per heavy atom. The molecule has 0 aliphatic carbocycles. The quantitative estimate of drug-likeness (QED) is 0.807. The highest BCUT2D eigenvalue weighted by Crippen LogP contribution is 2.28. The van der Waals surface area contributed by atoms with Crippen molar-refractivity contribution >= 4 is 39.2 Å². The molecule has 1 saturated heterocycles. The number of nitrogens with one attached hydrogen (secondary N) is 1. The van der Waals surface area contributed by atoms with Crippen LogP contribution in [0.1, 0.15) is 12.8 Å². The Bertz CT molecular complexity index is 725. The number of rotatable bonds is 5. The molecule has 2 N–H and O–H groups in total. The topological polar surface area (TPSA) is 85.8 Å². The Hall–Kier alpha value is -2.35. The van der Waals surface area contributed by atoms with Crippen LogP contribution in [0.2, 0.25) is 0 Å². The van der Waals surface area contributed by atoms with Gasteiger partial charge < -0.3 is 20.2 Å². The van der Waals surface area contributed by atoms with E-state index in [0.29, 0.717) is 26.1 Å². The molecule has 0 unspecified atom stereocenters. The predicted octanol–water partition coefficient (Wildman–Crippen LogP) is 1.99. The highest BCUT2D eigenvalue weighted by molar-refractivity contribution is 7.17. The summed E-state index contributed by atoms with van der Waals surface area (Å²) in [6.07, 6.45) is 2.35. The predicted molar refractivity (Wildman–Crippen MR) is 93.7 cm³/mol. The molecule has 2 aromatic heterocycles. The largest absolute Gasteiger partial charge is 0.481 e. The summed E-state index contributed by atoms with van der Waals surface area (Å²) in [5.41, 5.74) is 0. The van der Waals surface area contributed by atoms with Crippen LogP contribution in [0.4, 0.5) is 10.6 Å². The molecule has 0 atom stereocenters. The molecule has 1 aliphatic rings. The SMILES string of the molecule is O=C(O)CCCNC(=O)N1CCN(c2nccc3sccc23)CC1. The summed E-state index contributed by atoms with van der Waals surface area (Å²) in [4.78, 5) is 31.0. The molecule has 0 radical (unpaired) electrons. The zero-order valence-electron chi connectivity index (χ0n) is 13.3. The van der Waals surface area contributed by atoms with Crippen molar-refractivity contribution in [3.05, 3.63) is 23.7 Å². The molecule has 0 aromatic carbocycles. The Balaban J connectivity index is 1.51. The van der Waals surface area contributed by atoms with Gasteiger partial charge in [0.2, 0.25) is 0 Å². The standard InChI is InChI=1S/C16H20N4O3S/c21-14(22)2-1-5-18-16(23)20-9-7-19(8-10-20)15-12-4-11-24-13(12)3-6-17-15/h3-4,6,11H,1-2,5,7-10H2,(H,18,23)(H,21,22). The van der Waals surface area contributed by atoms with E-state index in [0.717, 1.165) is 24.3 Å². The van der Waals surface area contributed by atoms with Gasteiger partial charge >= 0.3 is 12.0 Å². The fourth-order valence-corrected chi connectivity index (χ4v) is 3.58. The lowest BCUT2D eigenvalue weighted by atomic mass is 10.2. The van der Waals surface area contributed by atoms with Gasteiger partial charge in [0.05, 0.1) is 0 Å². The fraction of sp³-hybridized carbons (Fsp3) is 0.438. The van der Waals surface area contributed by atoms with Crippen LogP contribution < -0.4 is 10.2 Å². The third kappa shape index (κ3) is 3.76. The highest BCUT2D eigenvalue weighted by atomic mass is 32.1. The van der Waals surface area contributed by atoms with Crippen molar-refractivity contribution in [2.75, 3.05) is 37.6 Å². The van der Waals surface area contributed by atoms with Crippen molar-refractivity contribution in [1.29, 1.82) is 0 Å². The van der Waals surface area contributed by atoms with Gasteiger partial charge in [-0.1, -0.05) is 0 Å². The first-order valence-electron chi connectivity index (χ1n) is 7.97. The summed E-state index contributed by atoms with van der Waals surface area (Å²) in [6.45, 7) is 3.13. The number of hydrogen-bond donors (Lipinski definition) is 2. The van der Waals surface area contributed by atoms with Crippen molar-refractivity contribution < 1.29 is 14.7 Å².